The Bertz CT molecular complexity index is 38.5. The monoisotopic (exact) mass is 286 g/mol. The van der Waals surface area contributed by atoms with Gasteiger partial charge in [0.2, 0.25) is 0 Å². The maximum atomic E-state index is 10.9. The van der Waals surface area contributed by atoms with E-state index in [0.717, 1.165) is 0 Å². The minimum absolute atomic E-state index is 1.31. The molecular weight excluding hydrogens is 282 g/mol. The van der Waals surface area contributed by atoms with E-state index in [1.54, 1.807) is 0 Å². The molecular formula is C2H3F3Hg. The SMILES string of the molecule is [CH3][Hg][C](F)(F)F. The van der Waals surface area contributed by atoms with Crippen LogP contribution in [0.5, 0.6) is 0 Å². The zero-order chi connectivity index (χ0) is 5.21. The van der Waals surface area contributed by atoms with Crippen molar-refractivity contribution in [2.24, 2.45) is 0 Å². The molecule has 0 spiro atoms. The standard InChI is InChI=1S/CF3.CH3.Hg/c2-1(3)4;;/h;1H3;. The predicted molar refractivity (Wildman–Crippen MR) is 11.9 cm³/mol. The summed E-state index contributed by atoms with van der Waals surface area (Å²) in [4.78, 5) is 0. The van der Waals surface area contributed by atoms with Gasteiger partial charge in [0.1, 0.15) is 0 Å². The van der Waals surface area contributed by atoms with Gasteiger partial charge in [0.25, 0.3) is 0 Å². The van der Waals surface area contributed by atoms with Crippen LogP contribution in [0.15, 0.2) is 0 Å². The predicted octanol–water partition coefficient (Wildman–Crippen LogP) is 1.64. The van der Waals surface area contributed by atoms with E-state index in [-0.39, 0.29) is 0 Å². The van der Waals surface area contributed by atoms with Gasteiger partial charge in [0, 0.05) is 0 Å². The van der Waals surface area contributed by atoms with Gasteiger partial charge in [-0.05, 0) is 0 Å². The first kappa shape index (κ1) is 6.73. The summed E-state index contributed by atoms with van der Waals surface area (Å²) in [5.74, 6) is 0. The molecule has 0 heterocycles. The fraction of sp³-hybridized carbons (Fsp3) is 1.00. The first-order chi connectivity index (χ1) is 2.56. The van der Waals surface area contributed by atoms with Crippen molar-refractivity contribution in [2.75, 3.05) is 0 Å². The number of alkyl halides is 3. The first-order valence-electron chi connectivity index (χ1n) is 1.63. The molecule has 0 amide bonds. The zero-order valence-corrected chi connectivity index (χ0v) is 8.84. The third-order valence-corrected chi connectivity index (χ3v) is 3.52. The molecule has 0 saturated heterocycles. The van der Waals surface area contributed by atoms with Crippen LogP contribution in [0.25, 0.3) is 0 Å². The Labute approximate surface area is 46.2 Å². The van der Waals surface area contributed by atoms with E-state index in [9.17, 15) is 13.2 Å². The summed E-state index contributed by atoms with van der Waals surface area (Å²) in [7, 11) is 0. The molecule has 0 saturated carbocycles. The molecule has 0 fully saturated rings. The van der Waals surface area contributed by atoms with Crippen molar-refractivity contribution in [3.8, 4) is 0 Å². The van der Waals surface area contributed by atoms with Crippen LogP contribution in [0, 0.1) is 0 Å². The zero-order valence-electron chi connectivity index (χ0n) is 3.34. The topological polar surface area (TPSA) is 0 Å². The van der Waals surface area contributed by atoms with E-state index in [4.69, 9.17) is 0 Å². The maximum absolute atomic E-state index is 10.9. The van der Waals surface area contributed by atoms with Gasteiger partial charge in [0.05, 0.1) is 0 Å². The average molecular weight is 285 g/mol. The molecule has 4 heteroatoms. The number of hydrogen-bond acceptors (Lipinski definition) is 0. The molecule has 0 aliphatic heterocycles. The molecule has 0 N–H and O–H groups in total. The van der Waals surface area contributed by atoms with Crippen LogP contribution >= 0.6 is 0 Å². The molecule has 0 aromatic carbocycles. The van der Waals surface area contributed by atoms with Crippen LogP contribution in [0.1, 0.15) is 0 Å². The number of halogens is 3. The van der Waals surface area contributed by atoms with Gasteiger partial charge in [-0.2, -0.15) is 0 Å². The summed E-state index contributed by atoms with van der Waals surface area (Å²) in [5, 5.41) is 0. The molecule has 0 radical (unpaired) electrons. The second-order valence-corrected chi connectivity index (χ2v) is 6.83. The van der Waals surface area contributed by atoms with Gasteiger partial charge in [-0.25, -0.2) is 0 Å². The summed E-state index contributed by atoms with van der Waals surface area (Å²) in [6.45, 7) is 0. The van der Waals surface area contributed by atoms with Crippen molar-refractivity contribution in [2.45, 2.75) is 8.12 Å². The Hall–Kier alpha value is 0.725. The van der Waals surface area contributed by atoms with E-state index in [1.807, 2.05) is 0 Å². The van der Waals surface area contributed by atoms with Crippen LogP contribution in [0.2, 0.25) is 4.43 Å². The van der Waals surface area contributed by atoms with Gasteiger partial charge >= 0.3 is 45.9 Å². The third-order valence-electron chi connectivity index (χ3n) is 0.401. The van der Waals surface area contributed by atoms with Crippen molar-refractivity contribution < 1.29 is 37.7 Å². The Morgan fingerprint density at radius 3 is 1.50 bits per heavy atom. The normalized spacial score (nSPS) is 10.7. The Morgan fingerprint density at radius 2 is 1.50 bits per heavy atom. The second kappa shape index (κ2) is 2.14. The molecule has 0 aliphatic rings. The minimum atomic E-state index is -3.74. The van der Waals surface area contributed by atoms with Crippen molar-refractivity contribution >= 4 is 0 Å². The number of rotatable bonds is 0. The molecule has 6 heavy (non-hydrogen) atoms. The summed E-state index contributed by atoms with van der Waals surface area (Å²) in [6, 6.07) is 0. The van der Waals surface area contributed by atoms with Gasteiger partial charge < -0.3 is 0 Å². The molecule has 0 rings (SSSR count). The average Bonchev–Trinajstić information content (AvgIpc) is 1.35. The van der Waals surface area contributed by atoms with Crippen LogP contribution in [0.4, 0.5) is 13.2 Å². The van der Waals surface area contributed by atoms with E-state index in [0.29, 0.717) is 0 Å². The van der Waals surface area contributed by atoms with E-state index in [2.05, 4.69) is 0 Å². The van der Waals surface area contributed by atoms with Gasteiger partial charge in [0.15, 0.2) is 0 Å². The Kier molecular flexibility index (Phi) is 2.40. The van der Waals surface area contributed by atoms with Crippen LogP contribution < -0.4 is 0 Å². The van der Waals surface area contributed by atoms with E-state index < -0.39 is 28.3 Å². The van der Waals surface area contributed by atoms with E-state index in [1.165, 1.54) is 4.43 Å². The van der Waals surface area contributed by atoms with Gasteiger partial charge in [-0.1, -0.05) is 0 Å². The molecule has 34 valence electrons. The fourth-order valence-electron chi connectivity index (χ4n) is 0. The van der Waals surface area contributed by atoms with Gasteiger partial charge in [-0.3, -0.25) is 0 Å². The third kappa shape index (κ3) is 4.73. The summed E-state index contributed by atoms with van der Waals surface area (Å²) in [6.07, 6.45) is 0. The Balaban J connectivity index is 3.17. The summed E-state index contributed by atoms with van der Waals surface area (Å²) < 4.78 is 30.2. The number of hydrogen-bond donors (Lipinski definition) is 0. The van der Waals surface area contributed by atoms with Crippen LogP contribution in [-0.2, 0) is 24.6 Å². The van der Waals surface area contributed by atoms with Crippen molar-refractivity contribution in [3.63, 3.8) is 0 Å². The molecule has 0 aromatic heterocycles. The molecule has 0 bridgehead atoms. The van der Waals surface area contributed by atoms with Crippen molar-refractivity contribution in [1.29, 1.82) is 0 Å². The van der Waals surface area contributed by atoms with Crippen molar-refractivity contribution in [1.82, 2.24) is 0 Å². The summed E-state index contributed by atoms with van der Waals surface area (Å²) >= 11 is -2.36. The van der Waals surface area contributed by atoms with Crippen LogP contribution in [0.3, 0.4) is 0 Å². The fourth-order valence-corrected chi connectivity index (χ4v) is 0. The first-order valence-corrected chi connectivity index (χ1v) is 9.87. The molecule has 0 aliphatic carbocycles. The molecule has 0 unspecified atom stereocenters. The van der Waals surface area contributed by atoms with Crippen LogP contribution in [-0.4, -0.2) is 3.69 Å². The summed E-state index contributed by atoms with van der Waals surface area (Å²) in [5.41, 5.74) is 0. The van der Waals surface area contributed by atoms with Gasteiger partial charge in [-0.15, -0.1) is 0 Å². The van der Waals surface area contributed by atoms with E-state index >= 15 is 0 Å². The van der Waals surface area contributed by atoms with Crippen molar-refractivity contribution in [3.05, 3.63) is 0 Å². The molecule has 0 atom stereocenters. The molecule has 0 aromatic rings. The quantitative estimate of drug-likeness (QED) is 0.593. The Morgan fingerprint density at radius 1 is 1.33 bits per heavy atom. The second-order valence-electron chi connectivity index (χ2n) is 0.969. The molecule has 0 nitrogen and oxygen atoms in total.